The van der Waals surface area contributed by atoms with Crippen molar-refractivity contribution in [2.45, 2.75) is 3.23 Å². The molecule has 0 spiro atoms. The third kappa shape index (κ3) is 4.00. The third-order valence-corrected chi connectivity index (χ3v) is 4.94. The number of rotatable bonds is 3. The van der Waals surface area contributed by atoms with Crippen LogP contribution in [-0.2, 0) is 32.8 Å². The minimum absolute atomic E-state index is 0.441. The van der Waals surface area contributed by atoms with Crippen molar-refractivity contribution in [3.8, 4) is 0 Å². The molecular formula is C9H13NY. The molecule has 0 saturated carbocycles. The van der Waals surface area contributed by atoms with Crippen LogP contribution < -0.4 is 0 Å². The van der Waals surface area contributed by atoms with Gasteiger partial charge in [-0.15, -0.1) is 0 Å². The molecule has 0 heterocycles. The van der Waals surface area contributed by atoms with E-state index in [1.807, 2.05) is 0 Å². The van der Waals surface area contributed by atoms with E-state index in [1.54, 1.807) is 0 Å². The molecule has 1 aromatic carbocycles. The Morgan fingerprint density at radius 3 is 2.36 bits per heavy atom. The number of hydrogen-bond donors (Lipinski definition) is 0. The molecule has 2 heteroatoms. The molecule has 0 atom stereocenters. The predicted molar refractivity (Wildman–Crippen MR) is 43.8 cm³/mol. The van der Waals surface area contributed by atoms with Gasteiger partial charge < -0.3 is 0 Å². The van der Waals surface area contributed by atoms with Gasteiger partial charge in [-0.1, -0.05) is 0 Å². The predicted octanol–water partition coefficient (Wildman–Crippen LogP) is 1.75. The van der Waals surface area contributed by atoms with Crippen LogP contribution >= 0.6 is 0 Å². The Labute approximate surface area is 84.3 Å². The average molecular weight is 224 g/mol. The Balaban J connectivity index is 2.39. The molecule has 0 aliphatic carbocycles. The molecule has 0 aliphatic rings. The van der Waals surface area contributed by atoms with E-state index in [1.165, 1.54) is 8.79 Å². The number of hydrogen-bond acceptors (Lipinski definition) is 1. The topological polar surface area (TPSA) is 3.24 Å². The first-order valence-electron chi connectivity index (χ1n) is 3.83. The van der Waals surface area contributed by atoms with E-state index in [-0.39, 0.29) is 0 Å². The molecule has 1 rings (SSSR count). The first-order valence-corrected chi connectivity index (χ1v) is 7.10. The van der Waals surface area contributed by atoms with E-state index in [0.717, 1.165) is 0 Å². The van der Waals surface area contributed by atoms with E-state index in [9.17, 15) is 0 Å². The molecule has 0 saturated heterocycles. The molecule has 0 aliphatic heterocycles. The van der Waals surface area contributed by atoms with Gasteiger partial charge in [0, 0.05) is 0 Å². The Bertz CT molecular complexity index is 196. The van der Waals surface area contributed by atoms with E-state index >= 15 is 0 Å². The van der Waals surface area contributed by atoms with Gasteiger partial charge in [-0.05, 0) is 0 Å². The second kappa shape index (κ2) is 5.02. The van der Waals surface area contributed by atoms with E-state index < -0.39 is 29.5 Å². The van der Waals surface area contributed by atoms with Gasteiger partial charge in [0.25, 0.3) is 0 Å². The Kier molecular flexibility index (Phi) is 4.28. The van der Waals surface area contributed by atoms with Crippen LogP contribution in [0.3, 0.4) is 0 Å². The summed E-state index contributed by atoms with van der Waals surface area (Å²) >= 11 is -0.441. The summed E-state index contributed by atoms with van der Waals surface area (Å²) < 4.78 is 3.73. The number of benzene rings is 1. The van der Waals surface area contributed by atoms with Crippen LogP contribution in [0.2, 0.25) is 0 Å². The van der Waals surface area contributed by atoms with Gasteiger partial charge in [0.2, 0.25) is 0 Å². The summed E-state index contributed by atoms with van der Waals surface area (Å²) in [5.74, 6) is 0. The fourth-order valence-corrected chi connectivity index (χ4v) is 2.99. The van der Waals surface area contributed by atoms with Gasteiger partial charge in [0.15, 0.2) is 0 Å². The van der Waals surface area contributed by atoms with Crippen LogP contribution in [0, 0.1) is 0 Å². The average Bonchev–Trinajstić information content (AvgIpc) is 2.03. The third-order valence-electron chi connectivity index (χ3n) is 1.53. The zero-order chi connectivity index (χ0) is 8.10. The Morgan fingerprint density at radius 1 is 1.18 bits per heavy atom. The van der Waals surface area contributed by atoms with Crippen LogP contribution in [0.15, 0.2) is 30.3 Å². The van der Waals surface area contributed by atoms with Crippen molar-refractivity contribution in [3.05, 3.63) is 35.9 Å². The summed E-state index contributed by atoms with van der Waals surface area (Å²) in [7, 11) is 4.37. The van der Waals surface area contributed by atoms with Crippen molar-refractivity contribution in [3.63, 3.8) is 0 Å². The van der Waals surface area contributed by atoms with Gasteiger partial charge in [-0.3, -0.25) is 0 Å². The molecule has 0 unspecified atom stereocenters. The van der Waals surface area contributed by atoms with Crippen molar-refractivity contribution in [1.82, 2.24) is 2.03 Å². The summed E-state index contributed by atoms with van der Waals surface area (Å²) in [4.78, 5) is 0. The van der Waals surface area contributed by atoms with Crippen LogP contribution in [0.4, 0.5) is 0 Å². The zero-order valence-electron chi connectivity index (χ0n) is 7.12. The van der Waals surface area contributed by atoms with Crippen molar-refractivity contribution in [2.24, 2.45) is 0 Å². The summed E-state index contributed by atoms with van der Waals surface area (Å²) in [6.45, 7) is 0. The van der Waals surface area contributed by atoms with Crippen LogP contribution in [-0.4, -0.2) is 16.1 Å². The van der Waals surface area contributed by atoms with Crippen molar-refractivity contribution in [2.75, 3.05) is 14.1 Å². The van der Waals surface area contributed by atoms with Gasteiger partial charge >= 0.3 is 84.8 Å². The molecule has 0 bridgehead atoms. The second-order valence-corrected chi connectivity index (χ2v) is 7.28. The van der Waals surface area contributed by atoms with Crippen molar-refractivity contribution in [1.29, 1.82) is 0 Å². The molecule has 57 valence electrons. The summed E-state index contributed by atoms with van der Waals surface area (Å²) in [6, 6.07) is 10.7. The first kappa shape index (κ1) is 9.37. The van der Waals surface area contributed by atoms with Crippen molar-refractivity contribution >= 4 is 0 Å². The molecule has 0 aromatic heterocycles. The maximum absolute atomic E-state index is 2.39. The van der Waals surface area contributed by atoms with E-state index in [2.05, 4.69) is 46.5 Å². The Hall–Kier alpha value is 0.284. The molecule has 0 N–H and O–H groups in total. The SMILES string of the molecule is C[N](C)[Y][CH2]c1ccccc1. The molecule has 0 amide bonds. The van der Waals surface area contributed by atoms with Crippen LogP contribution in [0.5, 0.6) is 0 Å². The quantitative estimate of drug-likeness (QED) is 0.755. The van der Waals surface area contributed by atoms with E-state index in [0.29, 0.717) is 0 Å². The fraction of sp³-hybridized carbons (Fsp3) is 0.333. The molecular weight excluding hydrogens is 211 g/mol. The van der Waals surface area contributed by atoms with Crippen LogP contribution in [0.1, 0.15) is 5.56 Å². The van der Waals surface area contributed by atoms with Gasteiger partial charge in [0.1, 0.15) is 0 Å². The number of nitrogens with zero attached hydrogens (tertiary/aromatic N) is 1. The van der Waals surface area contributed by atoms with Gasteiger partial charge in [-0.2, -0.15) is 0 Å². The second-order valence-electron chi connectivity index (χ2n) is 2.84. The molecule has 0 fully saturated rings. The van der Waals surface area contributed by atoms with Gasteiger partial charge in [0.05, 0.1) is 0 Å². The normalized spacial score (nSPS) is 9.73. The Morgan fingerprint density at radius 2 is 1.82 bits per heavy atom. The molecule has 1 nitrogen and oxygen atoms in total. The van der Waals surface area contributed by atoms with Crippen molar-refractivity contribution < 1.29 is 29.5 Å². The molecule has 0 radical (unpaired) electrons. The minimum atomic E-state index is -0.441. The first-order chi connectivity index (χ1) is 5.29. The summed E-state index contributed by atoms with van der Waals surface area (Å²) in [5.41, 5.74) is 1.50. The molecule has 1 aromatic rings. The standard InChI is InChI=1S/C7H7.C2H6N.Y/c1-7-5-3-2-4-6-7;1-3-2;/h2-6H,1H2;1-2H3;/q;-1;+1. The zero-order valence-corrected chi connectivity index (χ0v) is 9.96. The van der Waals surface area contributed by atoms with Crippen LogP contribution in [0.25, 0.3) is 0 Å². The fourth-order valence-electron chi connectivity index (χ4n) is 0.902. The van der Waals surface area contributed by atoms with E-state index in [4.69, 9.17) is 0 Å². The monoisotopic (exact) mass is 224 g/mol. The maximum atomic E-state index is 2.39. The summed E-state index contributed by atoms with van der Waals surface area (Å²) in [5, 5.41) is 0. The van der Waals surface area contributed by atoms with Gasteiger partial charge in [-0.25, -0.2) is 0 Å². The molecule has 11 heavy (non-hydrogen) atoms. The summed E-state index contributed by atoms with van der Waals surface area (Å²) in [6.07, 6.45) is 0.